The Kier molecular flexibility index (Phi) is 5.20. The SMILES string of the molecule is COc1nc(Cl)cc(C)c1CNCC[C@@H]1CCC(=O)N1. The van der Waals surface area contributed by atoms with Crippen LogP contribution in [0.25, 0.3) is 0 Å². The van der Waals surface area contributed by atoms with Crippen LogP contribution in [-0.2, 0) is 11.3 Å². The van der Waals surface area contributed by atoms with Gasteiger partial charge < -0.3 is 15.4 Å². The summed E-state index contributed by atoms with van der Waals surface area (Å²) in [6.45, 7) is 3.51. The second-order valence-corrected chi connectivity index (χ2v) is 5.41. The predicted molar refractivity (Wildman–Crippen MR) is 78.0 cm³/mol. The first kappa shape index (κ1) is 15.1. The number of carbonyl (C=O) groups is 1. The quantitative estimate of drug-likeness (QED) is 0.621. The molecule has 20 heavy (non-hydrogen) atoms. The summed E-state index contributed by atoms with van der Waals surface area (Å²) in [7, 11) is 1.59. The second-order valence-electron chi connectivity index (χ2n) is 5.02. The van der Waals surface area contributed by atoms with Gasteiger partial charge in [-0.3, -0.25) is 4.79 Å². The molecule has 0 aromatic carbocycles. The van der Waals surface area contributed by atoms with Gasteiger partial charge >= 0.3 is 0 Å². The van der Waals surface area contributed by atoms with Crippen molar-refractivity contribution < 1.29 is 9.53 Å². The smallest absolute Gasteiger partial charge is 0.220 e. The fraction of sp³-hybridized carbons (Fsp3) is 0.571. The fourth-order valence-corrected chi connectivity index (χ4v) is 2.64. The predicted octanol–water partition coefficient (Wildman–Crippen LogP) is 1.81. The van der Waals surface area contributed by atoms with Crippen LogP contribution in [0.2, 0.25) is 5.15 Å². The lowest BCUT2D eigenvalue weighted by Gasteiger charge is -2.13. The first-order chi connectivity index (χ1) is 9.60. The molecule has 2 heterocycles. The minimum absolute atomic E-state index is 0.161. The van der Waals surface area contributed by atoms with Crippen molar-refractivity contribution in [3.63, 3.8) is 0 Å². The number of aryl methyl sites for hydroxylation is 1. The summed E-state index contributed by atoms with van der Waals surface area (Å²) in [5.41, 5.74) is 2.08. The zero-order chi connectivity index (χ0) is 14.5. The standard InChI is InChI=1S/C14H20ClN3O2/c1-9-7-12(15)18-14(20-2)11(9)8-16-6-5-10-3-4-13(19)17-10/h7,10,16H,3-6,8H2,1-2H3,(H,17,19)/t10-/m0/s1. The summed E-state index contributed by atoms with van der Waals surface area (Å²) in [6.07, 6.45) is 2.53. The van der Waals surface area contributed by atoms with Crippen LogP contribution in [-0.4, -0.2) is 30.6 Å². The lowest BCUT2D eigenvalue weighted by Crippen LogP contribution is -2.29. The largest absolute Gasteiger partial charge is 0.481 e. The summed E-state index contributed by atoms with van der Waals surface area (Å²) < 4.78 is 5.26. The van der Waals surface area contributed by atoms with E-state index >= 15 is 0 Å². The number of ether oxygens (including phenoxy) is 1. The maximum Gasteiger partial charge on any atom is 0.220 e. The van der Waals surface area contributed by atoms with E-state index in [0.717, 1.165) is 30.5 Å². The van der Waals surface area contributed by atoms with Crippen molar-refractivity contribution in [1.29, 1.82) is 0 Å². The molecule has 6 heteroatoms. The van der Waals surface area contributed by atoms with Crippen LogP contribution in [0.4, 0.5) is 0 Å². The molecule has 1 saturated heterocycles. The van der Waals surface area contributed by atoms with Crippen LogP contribution in [0, 0.1) is 6.92 Å². The summed E-state index contributed by atoms with van der Waals surface area (Å²) in [4.78, 5) is 15.3. The third kappa shape index (κ3) is 3.84. The Balaban J connectivity index is 1.83. The number of pyridine rings is 1. The Labute approximate surface area is 124 Å². The molecule has 0 unspecified atom stereocenters. The topological polar surface area (TPSA) is 63.2 Å². The minimum Gasteiger partial charge on any atom is -0.481 e. The number of rotatable bonds is 6. The zero-order valence-electron chi connectivity index (χ0n) is 11.8. The minimum atomic E-state index is 0.161. The number of halogens is 1. The molecule has 1 aromatic heterocycles. The molecule has 0 radical (unpaired) electrons. The van der Waals surface area contributed by atoms with Crippen molar-refractivity contribution in [2.45, 2.75) is 38.8 Å². The number of hydrogen-bond acceptors (Lipinski definition) is 4. The number of aromatic nitrogens is 1. The Bertz CT molecular complexity index is 494. The molecule has 2 rings (SSSR count). The Morgan fingerprint density at radius 2 is 2.40 bits per heavy atom. The Morgan fingerprint density at radius 3 is 3.05 bits per heavy atom. The zero-order valence-corrected chi connectivity index (χ0v) is 12.6. The van der Waals surface area contributed by atoms with Gasteiger partial charge in [-0.1, -0.05) is 11.6 Å². The van der Waals surface area contributed by atoms with Crippen molar-refractivity contribution >= 4 is 17.5 Å². The number of amides is 1. The van der Waals surface area contributed by atoms with E-state index < -0.39 is 0 Å². The number of carbonyl (C=O) groups excluding carboxylic acids is 1. The highest BCUT2D eigenvalue weighted by atomic mass is 35.5. The van der Waals surface area contributed by atoms with E-state index in [4.69, 9.17) is 16.3 Å². The van der Waals surface area contributed by atoms with Gasteiger partial charge in [0.1, 0.15) is 5.15 Å². The molecule has 1 fully saturated rings. The van der Waals surface area contributed by atoms with Gasteiger partial charge in [-0.2, -0.15) is 0 Å². The van der Waals surface area contributed by atoms with Gasteiger partial charge in [-0.25, -0.2) is 4.98 Å². The summed E-state index contributed by atoms with van der Waals surface area (Å²) in [5, 5.41) is 6.77. The van der Waals surface area contributed by atoms with Crippen LogP contribution < -0.4 is 15.4 Å². The van der Waals surface area contributed by atoms with Gasteiger partial charge in [-0.15, -0.1) is 0 Å². The molecule has 0 bridgehead atoms. The van der Waals surface area contributed by atoms with E-state index in [1.165, 1.54) is 0 Å². The molecule has 1 atom stereocenters. The molecule has 5 nitrogen and oxygen atoms in total. The molecule has 2 N–H and O–H groups in total. The van der Waals surface area contributed by atoms with Crippen LogP contribution >= 0.6 is 11.6 Å². The lowest BCUT2D eigenvalue weighted by molar-refractivity contribution is -0.119. The van der Waals surface area contributed by atoms with Crippen molar-refractivity contribution in [1.82, 2.24) is 15.6 Å². The molecular formula is C14H20ClN3O2. The molecule has 1 aliphatic rings. The van der Waals surface area contributed by atoms with Crippen molar-refractivity contribution in [2.24, 2.45) is 0 Å². The van der Waals surface area contributed by atoms with Crippen molar-refractivity contribution in [3.05, 3.63) is 22.3 Å². The van der Waals surface area contributed by atoms with E-state index in [-0.39, 0.29) is 5.91 Å². The van der Waals surface area contributed by atoms with Gasteiger partial charge in [0.25, 0.3) is 0 Å². The molecule has 110 valence electrons. The maximum atomic E-state index is 11.1. The monoisotopic (exact) mass is 297 g/mol. The van der Waals surface area contributed by atoms with E-state index in [0.29, 0.717) is 30.0 Å². The third-order valence-electron chi connectivity index (χ3n) is 3.53. The first-order valence-electron chi connectivity index (χ1n) is 6.80. The molecule has 0 aliphatic carbocycles. The Hall–Kier alpha value is -1.33. The van der Waals surface area contributed by atoms with Crippen LogP contribution in [0.1, 0.15) is 30.4 Å². The first-order valence-corrected chi connectivity index (χ1v) is 7.18. The van der Waals surface area contributed by atoms with E-state index in [1.54, 1.807) is 7.11 Å². The number of nitrogens with zero attached hydrogens (tertiary/aromatic N) is 1. The van der Waals surface area contributed by atoms with Crippen molar-refractivity contribution in [3.8, 4) is 5.88 Å². The summed E-state index contributed by atoms with van der Waals surface area (Å²) in [6, 6.07) is 2.14. The van der Waals surface area contributed by atoms with Gasteiger partial charge in [0.2, 0.25) is 11.8 Å². The van der Waals surface area contributed by atoms with E-state index in [1.807, 2.05) is 13.0 Å². The van der Waals surface area contributed by atoms with E-state index in [2.05, 4.69) is 15.6 Å². The number of nitrogens with one attached hydrogen (secondary N) is 2. The van der Waals surface area contributed by atoms with Gasteiger partial charge in [0.15, 0.2) is 0 Å². The average Bonchev–Trinajstić information content (AvgIpc) is 2.81. The van der Waals surface area contributed by atoms with Gasteiger partial charge in [0, 0.05) is 24.6 Å². The molecule has 1 aliphatic heterocycles. The highest BCUT2D eigenvalue weighted by Crippen LogP contribution is 2.22. The molecule has 0 saturated carbocycles. The highest BCUT2D eigenvalue weighted by molar-refractivity contribution is 6.29. The van der Waals surface area contributed by atoms with Crippen LogP contribution in [0.5, 0.6) is 5.88 Å². The maximum absolute atomic E-state index is 11.1. The average molecular weight is 298 g/mol. The van der Waals surface area contributed by atoms with Gasteiger partial charge in [-0.05, 0) is 37.9 Å². The van der Waals surface area contributed by atoms with Crippen LogP contribution in [0.3, 0.4) is 0 Å². The second kappa shape index (κ2) is 6.90. The normalized spacial score (nSPS) is 18.1. The van der Waals surface area contributed by atoms with Crippen molar-refractivity contribution in [2.75, 3.05) is 13.7 Å². The van der Waals surface area contributed by atoms with Crippen LogP contribution in [0.15, 0.2) is 6.07 Å². The summed E-state index contributed by atoms with van der Waals surface area (Å²) in [5.74, 6) is 0.728. The third-order valence-corrected chi connectivity index (χ3v) is 3.72. The van der Waals surface area contributed by atoms with E-state index in [9.17, 15) is 4.79 Å². The molecular weight excluding hydrogens is 278 g/mol. The summed E-state index contributed by atoms with van der Waals surface area (Å²) >= 11 is 5.91. The molecule has 1 aromatic rings. The Morgan fingerprint density at radius 1 is 1.60 bits per heavy atom. The highest BCUT2D eigenvalue weighted by Gasteiger charge is 2.19. The fourth-order valence-electron chi connectivity index (χ4n) is 2.40. The number of methoxy groups -OCH3 is 1. The lowest BCUT2D eigenvalue weighted by atomic mass is 10.1. The van der Waals surface area contributed by atoms with Gasteiger partial charge in [0.05, 0.1) is 7.11 Å². The molecule has 0 spiro atoms. The molecule has 1 amide bonds. The number of hydrogen-bond donors (Lipinski definition) is 2.